The highest BCUT2D eigenvalue weighted by atomic mass is 16.2. The minimum atomic E-state index is -0.113. The van der Waals surface area contributed by atoms with Gasteiger partial charge in [0, 0.05) is 35.1 Å². The number of aromatic nitrogens is 1. The minimum Gasteiger partial charge on any atom is -0.361 e. The predicted octanol–water partition coefficient (Wildman–Crippen LogP) is 3.73. The van der Waals surface area contributed by atoms with Crippen molar-refractivity contribution < 1.29 is 9.59 Å². The summed E-state index contributed by atoms with van der Waals surface area (Å²) in [4.78, 5) is 30.3. The maximum absolute atomic E-state index is 12.4. The van der Waals surface area contributed by atoms with E-state index in [1.165, 1.54) is 5.56 Å². The molecule has 3 N–H and O–H groups in total. The van der Waals surface area contributed by atoms with Crippen LogP contribution in [-0.2, 0) is 21.5 Å². The Morgan fingerprint density at radius 3 is 2.42 bits per heavy atom. The largest absolute Gasteiger partial charge is 0.361 e. The molecule has 1 aliphatic carbocycles. The zero-order chi connectivity index (χ0) is 23.3. The second-order valence-corrected chi connectivity index (χ2v) is 9.27. The Morgan fingerprint density at radius 1 is 1.00 bits per heavy atom. The lowest BCUT2D eigenvalue weighted by molar-refractivity contribution is -0.126. The number of para-hydroxylation sites is 1. The van der Waals surface area contributed by atoms with Crippen LogP contribution in [0.5, 0.6) is 0 Å². The Bertz CT molecular complexity index is 1080. The van der Waals surface area contributed by atoms with Crippen LogP contribution in [0, 0.1) is 0 Å². The lowest BCUT2D eigenvalue weighted by Crippen LogP contribution is -2.50. The monoisotopic (exact) mass is 446 g/mol. The standard InChI is InChI=1S/C27H34N4O2/c1-31(2)27(21-8-4-3-5-9-21)16-14-22(15-17-27)30-26(33)19-29-25(32)13-12-20-18-28-24-11-7-6-10-23(20)24/h3-11,18,22,28H,12-17,19H2,1-2H3,(H,29,32)(H,30,33). The zero-order valence-corrected chi connectivity index (χ0v) is 19.6. The summed E-state index contributed by atoms with van der Waals surface area (Å²) in [7, 11) is 4.27. The molecule has 3 aromatic rings. The maximum atomic E-state index is 12.4. The number of rotatable bonds is 8. The fraction of sp³-hybridized carbons (Fsp3) is 0.407. The summed E-state index contributed by atoms with van der Waals surface area (Å²) in [6.45, 7) is 0.0285. The smallest absolute Gasteiger partial charge is 0.239 e. The highest BCUT2D eigenvalue weighted by molar-refractivity contribution is 5.86. The van der Waals surface area contributed by atoms with E-state index in [1.807, 2.05) is 30.5 Å². The van der Waals surface area contributed by atoms with Gasteiger partial charge in [-0.3, -0.25) is 14.5 Å². The third-order valence-corrected chi connectivity index (χ3v) is 7.09. The third kappa shape index (κ3) is 5.28. The molecule has 0 unspecified atom stereocenters. The fourth-order valence-corrected chi connectivity index (χ4v) is 5.11. The van der Waals surface area contributed by atoms with Crippen molar-refractivity contribution in [2.24, 2.45) is 0 Å². The van der Waals surface area contributed by atoms with Crippen LogP contribution in [-0.4, -0.2) is 48.4 Å². The number of carbonyl (C=O) groups excluding carboxylic acids is 2. The lowest BCUT2D eigenvalue weighted by atomic mass is 9.74. The Labute approximate surface area is 195 Å². The number of nitrogens with one attached hydrogen (secondary N) is 3. The van der Waals surface area contributed by atoms with Crippen LogP contribution in [0.1, 0.15) is 43.2 Å². The summed E-state index contributed by atoms with van der Waals surface area (Å²) in [5.74, 6) is -0.215. The summed E-state index contributed by atoms with van der Waals surface area (Å²) >= 11 is 0. The van der Waals surface area contributed by atoms with Crippen molar-refractivity contribution in [1.82, 2.24) is 20.5 Å². The van der Waals surface area contributed by atoms with Crippen molar-refractivity contribution in [3.63, 3.8) is 0 Å². The first-order valence-electron chi connectivity index (χ1n) is 11.8. The molecule has 0 atom stereocenters. The molecule has 0 aliphatic heterocycles. The van der Waals surface area contributed by atoms with Gasteiger partial charge in [-0.15, -0.1) is 0 Å². The zero-order valence-electron chi connectivity index (χ0n) is 19.6. The van der Waals surface area contributed by atoms with E-state index < -0.39 is 0 Å². The molecule has 1 aliphatic rings. The van der Waals surface area contributed by atoms with Gasteiger partial charge in [-0.05, 0) is 63.4 Å². The average Bonchev–Trinajstić information content (AvgIpc) is 3.25. The number of hydrogen-bond donors (Lipinski definition) is 3. The first kappa shape index (κ1) is 23.1. The molecule has 2 aromatic carbocycles. The molecule has 4 rings (SSSR count). The van der Waals surface area contributed by atoms with Crippen molar-refractivity contribution in [2.45, 2.75) is 50.1 Å². The van der Waals surface area contributed by atoms with Crippen LogP contribution in [0.15, 0.2) is 60.8 Å². The first-order valence-corrected chi connectivity index (χ1v) is 11.8. The molecule has 1 saturated carbocycles. The number of hydrogen-bond acceptors (Lipinski definition) is 3. The minimum absolute atomic E-state index is 0.0130. The number of fused-ring (bicyclic) bond motifs is 1. The third-order valence-electron chi connectivity index (χ3n) is 7.09. The van der Waals surface area contributed by atoms with Crippen LogP contribution in [0.25, 0.3) is 10.9 Å². The van der Waals surface area contributed by atoms with Crippen LogP contribution in [0.4, 0.5) is 0 Å². The maximum Gasteiger partial charge on any atom is 0.239 e. The van der Waals surface area contributed by atoms with Gasteiger partial charge >= 0.3 is 0 Å². The SMILES string of the molecule is CN(C)C1(c2ccccc2)CCC(NC(=O)CNC(=O)CCc2c[nH]c3ccccc23)CC1. The van der Waals surface area contributed by atoms with Crippen molar-refractivity contribution in [3.05, 3.63) is 71.9 Å². The highest BCUT2D eigenvalue weighted by Crippen LogP contribution is 2.40. The number of nitrogens with zero attached hydrogens (tertiary/aromatic N) is 1. The Hall–Kier alpha value is -3.12. The molecule has 0 bridgehead atoms. The van der Waals surface area contributed by atoms with Crippen LogP contribution in [0.2, 0.25) is 0 Å². The van der Waals surface area contributed by atoms with E-state index in [2.05, 4.69) is 64.9 Å². The van der Waals surface area contributed by atoms with Crippen molar-refractivity contribution in [1.29, 1.82) is 0 Å². The first-order chi connectivity index (χ1) is 16.0. The van der Waals surface area contributed by atoms with Gasteiger partial charge in [0.2, 0.25) is 11.8 Å². The topological polar surface area (TPSA) is 77.2 Å². The molecular formula is C27H34N4O2. The summed E-state index contributed by atoms with van der Waals surface area (Å²) in [5, 5.41) is 7.04. The summed E-state index contributed by atoms with van der Waals surface area (Å²) in [5.41, 5.74) is 3.54. The second-order valence-electron chi connectivity index (χ2n) is 9.27. The molecule has 1 fully saturated rings. The van der Waals surface area contributed by atoms with Gasteiger partial charge in [0.15, 0.2) is 0 Å². The second kappa shape index (κ2) is 10.2. The Kier molecular flexibility index (Phi) is 7.14. The number of carbonyl (C=O) groups is 2. The predicted molar refractivity (Wildman–Crippen MR) is 132 cm³/mol. The summed E-state index contributed by atoms with van der Waals surface area (Å²) in [6, 6.07) is 18.8. The van der Waals surface area contributed by atoms with Gasteiger partial charge in [-0.2, -0.15) is 0 Å². The van der Waals surface area contributed by atoms with E-state index in [9.17, 15) is 9.59 Å². The van der Waals surface area contributed by atoms with E-state index in [0.717, 1.165) is 42.1 Å². The lowest BCUT2D eigenvalue weighted by Gasteiger charge is -2.45. The van der Waals surface area contributed by atoms with Gasteiger partial charge in [0.25, 0.3) is 0 Å². The normalized spacial score (nSPS) is 20.6. The molecule has 2 amide bonds. The van der Waals surface area contributed by atoms with Gasteiger partial charge in [0.1, 0.15) is 0 Å². The number of aromatic amines is 1. The molecule has 6 heteroatoms. The van der Waals surface area contributed by atoms with E-state index in [-0.39, 0.29) is 29.9 Å². The average molecular weight is 447 g/mol. The molecule has 1 heterocycles. The van der Waals surface area contributed by atoms with Gasteiger partial charge < -0.3 is 15.6 Å². The number of benzene rings is 2. The summed E-state index contributed by atoms with van der Waals surface area (Å²) < 4.78 is 0. The highest BCUT2D eigenvalue weighted by Gasteiger charge is 2.38. The molecule has 6 nitrogen and oxygen atoms in total. The van der Waals surface area contributed by atoms with E-state index in [1.54, 1.807) is 0 Å². The van der Waals surface area contributed by atoms with E-state index >= 15 is 0 Å². The van der Waals surface area contributed by atoms with Crippen molar-refractivity contribution in [2.75, 3.05) is 20.6 Å². The van der Waals surface area contributed by atoms with Crippen LogP contribution < -0.4 is 10.6 Å². The number of H-pyrrole nitrogens is 1. The molecule has 0 spiro atoms. The van der Waals surface area contributed by atoms with Gasteiger partial charge in [-0.1, -0.05) is 48.5 Å². The van der Waals surface area contributed by atoms with Crippen molar-refractivity contribution in [3.8, 4) is 0 Å². The van der Waals surface area contributed by atoms with E-state index in [4.69, 9.17) is 0 Å². The van der Waals surface area contributed by atoms with Gasteiger partial charge in [0.05, 0.1) is 6.54 Å². The number of amides is 2. The van der Waals surface area contributed by atoms with Crippen molar-refractivity contribution >= 4 is 22.7 Å². The molecule has 174 valence electrons. The van der Waals surface area contributed by atoms with E-state index in [0.29, 0.717) is 12.8 Å². The summed E-state index contributed by atoms with van der Waals surface area (Å²) in [6.07, 6.45) is 6.79. The molecule has 33 heavy (non-hydrogen) atoms. The molecule has 0 radical (unpaired) electrons. The van der Waals surface area contributed by atoms with Crippen LogP contribution >= 0.6 is 0 Å². The molecular weight excluding hydrogens is 412 g/mol. The molecule has 0 saturated heterocycles. The van der Waals surface area contributed by atoms with Crippen LogP contribution in [0.3, 0.4) is 0 Å². The Balaban J connectivity index is 1.21. The fourth-order valence-electron chi connectivity index (χ4n) is 5.11. The van der Waals surface area contributed by atoms with Gasteiger partial charge in [-0.25, -0.2) is 0 Å². The Morgan fingerprint density at radius 2 is 1.70 bits per heavy atom. The quantitative estimate of drug-likeness (QED) is 0.493. The number of aryl methyl sites for hydroxylation is 1. The molecule has 1 aromatic heterocycles.